The van der Waals surface area contributed by atoms with Gasteiger partial charge in [-0.3, -0.25) is 0 Å². The van der Waals surface area contributed by atoms with E-state index in [0.717, 1.165) is 5.56 Å². The molecule has 3 unspecified atom stereocenters. The zero-order valence-corrected chi connectivity index (χ0v) is 20.0. The summed E-state index contributed by atoms with van der Waals surface area (Å²) in [5.41, 5.74) is 0.836. The largest absolute Gasteiger partial charge is 0.493 e. The Morgan fingerprint density at radius 2 is 2.00 bits per heavy atom. The van der Waals surface area contributed by atoms with E-state index in [0.29, 0.717) is 29.9 Å². The number of nitrogens with zero attached hydrogens (tertiary/aromatic N) is 1. The second kappa shape index (κ2) is 8.64. The first-order valence-corrected chi connectivity index (χ1v) is 12.2. The van der Waals surface area contributed by atoms with Crippen LogP contribution in [-0.2, 0) is 15.6 Å². The molecule has 1 aliphatic rings. The highest BCUT2D eigenvalue weighted by Gasteiger charge is 2.36. The van der Waals surface area contributed by atoms with Gasteiger partial charge in [0.25, 0.3) is 0 Å². The van der Waals surface area contributed by atoms with E-state index in [2.05, 4.69) is 14.9 Å². The topological polar surface area (TPSA) is 135 Å². The maximum absolute atomic E-state index is 14.9. The highest BCUT2D eigenvalue weighted by atomic mass is 32.2. The third-order valence-electron chi connectivity index (χ3n) is 6.38. The van der Waals surface area contributed by atoms with Crippen LogP contribution in [0.25, 0.3) is 0 Å². The van der Waals surface area contributed by atoms with Gasteiger partial charge in [0.15, 0.2) is 0 Å². The SMILES string of the molecule is Cc1ccc(F)c(C(C)C(NS(=O)(=O)c2ccc3c(c2)C(C)(O)CCO3)c2n[nH]c(=O)o2)c1C. The van der Waals surface area contributed by atoms with Crippen LogP contribution in [0.1, 0.15) is 60.4 Å². The van der Waals surface area contributed by atoms with Gasteiger partial charge in [-0.05, 0) is 61.7 Å². The molecule has 0 spiro atoms. The minimum Gasteiger partial charge on any atom is -0.493 e. The number of aliphatic hydroxyl groups is 1. The molecule has 4 rings (SSSR count). The van der Waals surface area contributed by atoms with Crippen LogP contribution in [0.2, 0.25) is 0 Å². The summed E-state index contributed by atoms with van der Waals surface area (Å²) >= 11 is 0. The maximum atomic E-state index is 14.9. The fourth-order valence-electron chi connectivity index (χ4n) is 4.22. The number of aromatic nitrogens is 2. The van der Waals surface area contributed by atoms with Crippen molar-refractivity contribution in [3.8, 4) is 5.75 Å². The molecule has 0 saturated carbocycles. The fourth-order valence-corrected chi connectivity index (χ4v) is 5.52. The maximum Gasteiger partial charge on any atom is 0.434 e. The first-order chi connectivity index (χ1) is 15.9. The average molecular weight is 492 g/mol. The van der Waals surface area contributed by atoms with Crippen LogP contribution >= 0.6 is 0 Å². The van der Waals surface area contributed by atoms with E-state index in [1.165, 1.54) is 24.3 Å². The first-order valence-electron chi connectivity index (χ1n) is 10.7. The number of aryl methyl sites for hydroxylation is 1. The van der Waals surface area contributed by atoms with Crippen LogP contribution in [0.4, 0.5) is 4.39 Å². The molecule has 3 N–H and O–H groups in total. The number of fused-ring (bicyclic) bond motifs is 1. The highest BCUT2D eigenvalue weighted by Crippen LogP contribution is 2.39. The molecule has 1 aromatic heterocycles. The molecule has 0 aliphatic carbocycles. The molecule has 0 amide bonds. The molecule has 0 fully saturated rings. The van der Waals surface area contributed by atoms with Gasteiger partial charge >= 0.3 is 5.76 Å². The summed E-state index contributed by atoms with van der Waals surface area (Å²) in [5.74, 6) is -2.00. The van der Waals surface area contributed by atoms with E-state index in [9.17, 15) is 22.7 Å². The van der Waals surface area contributed by atoms with Crippen LogP contribution in [0.15, 0.2) is 44.4 Å². The molecule has 3 aromatic rings. The molecule has 34 heavy (non-hydrogen) atoms. The van der Waals surface area contributed by atoms with E-state index in [-0.39, 0.29) is 16.3 Å². The Labute approximate surface area is 196 Å². The predicted octanol–water partition coefficient (Wildman–Crippen LogP) is 2.93. The zero-order valence-electron chi connectivity index (χ0n) is 19.2. The van der Waals surface area contributed by atoms with E-state index in [1.54, 1.807) is 26.8 Å². The molecule has 1 aliphatic heterocycles. The summed E-state index contributed by atoms with van der Waals surface area (Å²) in [7, 11) is -4.23. The van der Waals surface area contributed by atoms with Gasteiger partial charge in [0.05, 0.1) is 17.1 Å². The van der Waals surface area contributed by atoms with Crippen LogP contribution in [-0.4, -0.2) is 30.3 Å². The zero-order chi connectivity index (χ0) is 24.8. The lowest BCUT2D eigenvalue weighted by Crippen LogP contribution is -2.34. The van der Waals surface area contributed by atoms with Gasteiger partial charge in [-0.2, -0.15) is 4.72 Å². The Morgan fingerprint density at radius 3 is 2.68 bits per heavy atom. The minimum absolute atomic E-state index is 0.131. The van der Waals surface area contributed by atoms with Crippen LogP contribution < -0.4 is 15.2 Å². The highest BCUT2D eigenvalue weighted by molar-refractivity contribution is 7.89. The Morgan fingerprint density at radius 1 is 1.26 bits per heavy atom. The molecule has 0 radical (unpaired) electrons. The van der Waals surface area contributed by atoms with Crippen molar-refractivity contribution >= 4 is 10.0 Å². The third-order valence-corrected chi connectivity index (χ3v) is 7.82. The number of H-pyrrole nitrogens is 1. The molecule has 0 bridgehead atoms. The number of aromatic amines is 1. The van der Waals surface area contributed by atoms with Gasteiger partial charge in [-0.25, -0.2) is 22.7 Å². The minimum atomic E-state index is -4.23. The number of hydrogen-bond donors (Lipinski definition) is 3. The molecule has 3 atom stereocenters. The number of nitrogens with one attached hydrogen (secondary N) is 2. The van der Waals surface area contributed by atoms with Crippen molar-refractivity contribution < 1.29 is 27.1 Å². The summed E-state index contributed by atoms with van der Waals surface area (Å²) in [6.07, 6.45) is 0.306. The number of rotatable bonds is 6. The molecule has 2 aromatic carbocycles. The third kappa shape index (κ3) is 4.38. The number of halogens is 1. The van der Waals surface area contributed by atoms with Crippen molar-refractivity contribution in [1.29, 1.82) is 0 Å². The standard InChI is InChI=1S/C23H26FN3O6S/c1-12-5-7-17(24)19(13(12)2)14(3)20(21-25-26-22(28)33-21)27-34(30,31)15-6-8-18-16(11-15)23(4,29)9-10-32-18/h5-8,11,14,20,27,29H,9-10H2,1-4H3,(H,26,28). The van der Waals surface area contributed by atoms with Gasteiger partial charge in [0, 0.05) is 17.9 Å². The lowest BCUT2D eigenvalue weighted by atomic mass is 9.88. The summed E-state index contributed by atoms with van der Waals surface area (Å²) in [4.78, 5) is 11.5. The lowest BCUT2D eigenvalue weighted by Gasteiger charge is -2.31. The number of hydrogen-bond acceptors (Lipinski definition) is 7. The average Bonchev–Trinajstić information content (AvgIpc) is 3.20. The molecular weight excluding hydrogens is 465 g/mol. The van der Waals surface area contributed by atoms with Crippen molar-refractivity contribution in [3.05, 3.63) is 74.8 Å². The van der Waals surface area contributed by atoms with E-state index in [4.69, 9.17) is 9.15 Å². The van der Waals surface area contributed by atoms with Crippen molar-refractivity contribution in [2.45, 2.75) is 56.6 Å². The Bertz CT molecular complexity index is 1400. The van der Waals surface area contributed by atoms with Gasteiger partial charge in [0.2, 0.25) is 15.9 Å². The molecule has 9 nitrogen and oxygen atoms in total. The second-order valence-electron chi connectivity index (χ2n) is 8.77. The summed E-state index contributed by atoms with van der Waals surface area (Å²) in [6.45, 7) is 7.08. The van der Waals surface area contributed by atoms with Crippen molar-refractivity contribution in [2.75, 3.05) is 6.61 Å². The number of sulfonamides is 1. The van der Waals surface area contributed by atoms with Crippen molar-refractivity contribution in [1.82, 2.24) is 14.9 Å². The number of benzene rings is 2. The van der Waals surface area contributed by atoms with Crippen molar-refractivity contribution in [3.63, 3.8) is 0 Å². The monoisotopic (exact) mass is 491 g/mol. The van der Waals surface area contributed by atoms with E-state index in [1.807, 2.05) is 6.92 Å². The smallest absolute Gasteiger partial charge is 0.434 e. The van der Waals surface area contributed by atoms with E-state index >= 15 is 0 Å². The normalized spacial score (nSPS) is 19.8. The lowest BCUT2D eigenvalue weighted by molar-refractivity contribution is 0.0144. The quantitative estimate of drug-likeness (QED) is 0.483. The predicted molar refractivity (Wildman–Crippen MR) is 121 cm³/mol. The summed E-state index contributed by atoms with van der Waals surface area (Å²) in [5, 5.41) is 16.6. The second-order valence-corrected chi connectivity index (χ2v) is 10.5. The Hall–Kier alpha value is -3.02. The first kappa shape index (κ1) is 24.1. The molecule has 0 saturated heterocycles. The molecule has 2 heterocycles. The van der Waals surface area contributed by atoms with Crippen LogP contribution in [0.5, 0.6) is 5.75 Å². The van der Waals surface area contributed by atoms with Gasteiger partial charge < -0.3 is 14.3 Å². The summed E-state index contributed by atoms with van der Waals surface area (Å²) in [6, 6.07) is 5.92. The number of ether oxygens (including phenoxy) is 1. The Balaban J connectivity index is 1.78. The van der Waals surface area contributed by atoms with Crippen LogP contribution in [0.3, 0.4) is 0 Å². The molecule has 11 heteroatoms. The fraction of sp³-hybridized carbons (Fsp3) is 0.391. The molecule has 182 valence electrons. The van der Waals surface area contributed by atoms with E-state index < -0.39 is 39.2 Å². The van der Waals surface area contributed by atoms with Gasteiger partial charge in [-0.15, -0.1) is 5.10 Å². The van der Waals surface area contributed by atoms with Crippen molar-refractivity contribution in [2.24, 2.45) is 0 Å². The molecular formula is C23H26FN3O6S. The van der Waals surface area contributed by atoms with Crippen LogP contribution in [0, 0.1) is 19.7 Å². The van der Waals surface area contributed by atoms with Gasteiger partial charge in [0.1, 0.15) is 17.6 Å². The van der Waals surface area contributed by atoms with Gasteiger partial charge in [-0.1, -0.05) is 13.0 Å². The summed E-state index contributed by atoms with van der Waals surface area (Å²) < 4.78 is 54.8. The Kier molecular flexibility index (Phi) is 6.13.